The fourth-order valence-electron chi connectivity index (χ4n) is 3.74. The molecule has 6 heteroatoms. The number of halogens is 2. The maximum atomic E-state index is 12.6. The third-order valence-electron chi connectivity index (χ3n) is 5.36. The molecule has 0 aromatic heterocycles. The molecule has 4 nitrogen and oxygen atoms in total. The molecule has 5 rings (SSSR count). The van der Waals surface area contributed by atoms with E-state index in [0.717, 1.165) is 22.3 Å². The van der Waals surface area contributed by atoms with Crippen LogP contribution in [-0.2, 0) is 22.4 Å². The van der Waals surface area contributed by atoms with E-state index in [4.69, 9.17) is 32.7 Å². The lowest BCUT2D eigenvalue weighted by Gasteiger charge is -2.24. The molecule has 0 N–H and O–H groups in total. The van der Waals surface area contributed by atoms with Crippen molar-refractivity contribution in [1.29, 1.82) is 0 Å². The minimum Gasteiger partial charge on any atom is -0.423 e. The molecule has 0 amide bonds. The van der Waals surface area contributed by atoms with Gasteiger partial charge in [-0.2, -0.15) is 0 Å². The van der Waals surface area contributed by atoms with Crippen molar-refractivity contribution in [1.82, 2.24) is 0 Å². The smallest absolute Gasteiger partial charge is 0.339 e. The third kappa shape index (κ3) is 4.20. The van der Waals surface area contributed by atoms with Crippen LogP contribution in [0.3, 0.4) is 0 Å². The van der Waals surface area contributed by atoms with Crippen LogP contribution in [0.4, 0.5) is 0 Å². The third-order valence-corrected chi connectivity index (χ3v) is 5.86. The van der Waals surface area contributed by atoms with Crippen molar-refractivity contribution in [3.8, 4) is 11.5 Å². The number of rotatable bonds is 2. The average molecular weight is 463 g/mol. The zero-order valence-electron chi connectivity index (χ0n) is 16.7. The van der Waals surface area contributed by atoms with E-state index in [9.17, 15) is 9.59 Å². The van der Waals surface area contributed by atoms with Gasteiger partial charge in [0.15, 0.2) is 0 Å². The van der Waals surface area contributed by atoms with Crippen molar-refractivity contribution in [2.75, 3.05) is 0 Å². The number of hydrogen-bond donors (Lipinski definition) is 0. The number of esters is 2. The minimum atomic E-state index is -0.392. The highest BCUT2D eigenvalue weighted by Gasteiger charge is 2.29. The van der Waals surface area contributed by atoms with Crippen molar-refractivity contribution in [2.24, 2.45) is 0 Å². The molecule has 2 heterocycles. The van der Waals surface area contributed by atoms with Gasteiger partial charge >= 0.3 is 11.9 Å². The van der Waals surface area contributed by atoms with Crippen LogP contribution < -0.4 is 9.47 Å². The summed E-state index contributed by atoms with van der Waals surface area (Å²) in [6.45, 7) is 0. The highest BCUT2D eigenvalue weighted by atomic mass is 35.5. The summed E-state index contributed by atoms with van der Waals surface area (Å²) in [7, 11) is 0. The number of hydrogen-bond acceptors (Lipinski definition) is 4. The van der Waals surface area contributed by atoms with E-state index in [1.54, 1.807) is 48.6 Å². The fourth-order valence-corrected chi connectivity index (χ4v) is 3.99. The average Bonchev–Trinajstić information content (AvgIpc) is 2.77. The van der Waals surface area contributed by atoms with Gasteiger partial charge in [0.1, 0.15) is 11.5 Å². The molecule has 0 atom stereocenters. The van der Waals surface area contributed by atoms with Gasteiger partial charge < -0.3 is 9.47 Å². The van der Waals surface area contributed by atoms with Gasteiger partial charge in [-0.05, 0) is 59.7 Å². The molecule has 158 valence electrons. The Kier molecular flexibility index (Phi) is 5.33. The predicted molar refractivity (Wildman–Crippen MR) is 124 cm³/mol. The second-order valence-electron chi connectivity index (χ2n) is 7.64. The van der Waals surface area contributed by atoms with Gasteiger partial charge in [0.05, 0.1) is 0 Å². The van der Waals surface area contributed by atoms with E-state index in [2.05, 4.69) is 0 Å². The van der Waals surface area contributed by atoms with Crippen molar-refractivity contribution in [3.63, 3.8) is 0 Å². The maximum absolute atomic E-state index is 12.6. The van der Waals surface area contributed by atoms with Crippen LogP contribution in [0.1, 0.15) is 22.3 Å². The lowest BCUT2D eigenvalue weighted by Crippen LogP contribution is -2.23. The Morgan fingerprint density at radius 3 is 1.38 bits per heavy atom. The summed E-state index contributed by atoms with van der Waals surface area (Å²) >= 11 is 11.9. The van der Waals surface area contributed by atoms with E-state index in [1.807, 2.05) is 24.3 Å². The fraction of sp³-hybridized carbons (Fsp3) is 0.0769. The van der Waals surface area contributed by atoms with Crippen LogP contribution in [0.15, 0.2) is 71.8 Å². The van der Waals surface area contributed by atoms with Crippen LogP contribution in [0.25, 0.3) is 12.2 Å². The number of ether oxygens (including phenoxy) is 2. The molecule has 3 aromatic carbocycles. The SMILES string of the molecule is O=C1Oc2cc3c(cc2C/C1=C\c1ccc(Cl)cc1)OC(=O)/C(=C/c1ccc(Cl)cc1)C3. The number of benzene rings is 3. The number of carbonyl (C=O) groups excluding carboxylic acids is 2. The molecule has 32 heavy (non-hydrogen) atoms. The summed E-state index contributed by atoms with van der Waals surface area (Å²) in [6, 6.07) is 18.0. The van der Waals surface area contributed by atoms with E-state index < -0.39 is 11.9 Å². The highest BCUT2D eigenvalue weighted by Crippen LogP contribution is 2.38. The Balaban J connectivity index is 1.43. The summed E-state index contributed by atoms with van der Waals surface area (Å²) in [6.07, 6.45) is 4.32. The largest absolute Gasteiger partial charge is 0.423 e. The molecule has 3 aromatic rings. The van der Waals surface area contributed by atoms with Crippen molar-refractivity contribution in [3.05, 3.63) is 104 Å². The monoisotopic (exact) mass is 462 g/mol. The minimum absolute atomic E-state index is 0.384. The van der Waals surface area contributed by atoms with Crippen LogP contribution in [0.2, 0.25) is 10.0 Å². The first-order chi connectivity index (χ1) is 15.4. The van der Waals surface area contributed by atoms with Gasteiger partial charge in [-0.3, -0.25) is 0 Å². The Morgan fingerprint density at radius 2 is 1.00 bits per heavy atom. The number of carbonyl (C=O) groups is 2. The van der Waals surface area contributed by atoms with Crippen LogP contribution in [0.5, 0.6) is 11.5 Å². The summed E-state index contributed by atoms with van der Waals surface area (Å²) in [5.74, 6) is 0.200. The van der Waals surface area contributed by atoms with Crippen molar-refractivity contribution < 1.29 is 19.1 Å². The standard InChI is InChI=1S/C26H16Cl2O4/c27-21-5-1-15(2-6-21)9-19-11-17-13-24-18(14-23(17)31-25(19)29)12-20(26(30)32-24)10-16-3-7-22(28)8-4-16/h1-10,13-14H,11-12H2/b19-9+,20-10+. The predicted octanol–water partition coefficient (Wildman–Crippen LogP) is 6.08. The Labute approximate surface area is 194 Å². The quantitative estimate of drug-likeness (QED) is 0.263. The zero-order chi connectivity index (χ0) is 22.2. The van der Waals surface area contributed by atoms with Gasteiger partial charge in [-0.15, -0.1) is 0 Å². The molecule has 0 radical (unpaired) electrons. The van der Waals surface area contributed by atoms with E-state index in [1.165, 1.54) is 0 Å². The molecule has 0 unspecified atom stereocenters. The summed E-state index contributed by atoms with van der Waals surface area (Å²) in [5, 5.41) is 1.25. The first-order valence-electron chi connectivity index (χ1n) is 9.97. The highest BCUT2D eigenvalue weighted by molar-refractivity contribution is 6.30. The Bertz CT molecular complexity index is 1200. The van der Waals surface area contributed by atoms with Gasteiger partial charge in [-0.25, -0.2) is 9.59 Å². The molecule has 2 aliphatic rings. The van der Waals surface area contributed by atoms with Gasteiger partial charge in [0.2, 0.25) is 0 Å². The molecule has 2 aliphatic heterocycles. The first kappa shape index (κ1) is 20.6. The second-order valence-corrected chi connectivity index (χ2v) is 8.52. The van der Waals surface area contributed by atoms with Crippen LogP contribution >= 0.6 is 23.2 Å². The van der Waals surface area contributed by atoms with Gasteiger partial charge in [0, 0.05) is 45.2 Å². The summed E-state index contributed by atoms with van der Waals surface area (Å²) in [5.41, 5.74) is 4.33. The second kappa shape index (κ2) is 8.30. The maximum Gasteiger partial charge on any atom is 0.339 e. The molecule has 0 aliphatic carbocycles. The zero-order valence-corrected chi connectivity index (χ0v) is 18.2. The molecule has 0 bridgehead atoms. The van der Waals surface area contributed by atoms with Crippen molar-refractivity contribution in [2.45, 2.75) is 12.8 Å². The molecular formula is C26H16Cl2O4. The van der Waals surface area contributed by atoms with Gasteiger partial charge in [-0.1, -0.05) is 47.5 Å². The van der Waals surface area contributed by atoms with Crippen LogP contribution in [0, 0.1) is 0 Å². The van der Waals surface area contributed by atoms with E-state index in [-0.39, 0.29) is 0 Å². The molecule has 0 fully saturated rings. The summed E-state index contributed by atoms with van der Waals surface area (Å²) in [4.78, 5) is 25.1. The Morgan fingerprint density at radius 1 is 0.625 bits per heavy atom. The van der Waals surface area contributed by atoms with Crippen LogP contribution in [-0.4, -0.2) is 11.9 Å². The molecule has 0 saturated heterocycles. The Hall–Kier alpha value is -3.34. The lowest BCUT2D eigenvalue weighted by atomic mass is 9.93. The molecule has 0 spiro atoms. The normalized spacial score (nSPS) is 17.6. The molecular weight excluding hydrogens is 447 g/mol. The topological polar surface area (TPSA) is 52.6 Å². The van der Waals surface area contributed by atoms with Crippen molar-refractivity contribution >= 4 is 47.3 Å². The summed E-state index contributed by atoms with van der Waals surface area (Å²) < 4.78 is 11.2. The molecule has 0 saturated carbocycles. The van der Waals surface area contributed by atoms with Gasteiger partial charge in [0.25, 0.3) is 0 Å². The van der Waals surface area contributed by atoms with E-state index >= 15 is 0 Å². The van der Waals surface area contributed by atoms with E-state index in [0.29, 0.717) is 45.5 Å². The lowest BCUT2D eigenvalue weighted by molar-refractivity contribution is -0.132. The number of fused-ring (bicyclic) bond motifs is 2. The first-order valence-corrected chi connectivity index (χ1v) is 10.7.